The molecule has 0 spiro atoms. The van der Waals surface area contributed by atoms with E-state index in [-0.39, 0.29) is 22.9 Å². The van der Waals surface area contributed by atoms with Gasteiger partial charge in [-0.2, -0.15) is 5.10 Å². The van der Waals surface area contributed by atoms with Crippen LogP contribution in [0.3, 0.4) is 0 Å². The van der Waals surface area contributed by atoms with Crippen LogP contribution in [0.4, 0.5) is 0 Å². The van der Waals surface area contributed by atoms with E-state index in [0.29, 0.717) is 23.7 Å². The Balaban J connectivity index is 1.56. The molecule has 0 aliphatic heterocycles. The Labute approximate surface area is 180 Å². The van der Waals surface area contributed by atoms with E-state index in [1.807, 2.05) is 6.92 Å². The lowest BCUT2D eigenvalue weighted by Gasteiger charge is -2.63. The van der Waals surface area contributed by atoms with E-state index in [4.69, 9.17) is 11.1 Å². The molecule has 6 heteroatoms. The van der Waals surface area contributed by atoms with Crippen molar-refractivity contribution in [2.45, 2.75) is 90.3 Å². The van der Waals surface area contributed by atoms with Crippen LogP contribution in [0.15, 0.2) is 16.8 Å². The molecule has 168 valence electrons. The third-order valence-electron chi connectivity index (χ3n) is 9.81. The van der Waals surface area contributed by atoms with Crippen molar-refractivity contribution >= 4 is 12.2 Å². The maximum atomic E-state index is 12.2. The average molecular weight is 417 g/mol. The number of allylic oxidation sites excluding steroid dienone is 2. The molecule has 6 N–H and O–H groups in total. The average Bonchev–Trinajstić information content (AvgIpc) is 2.93. The minimum Gasteiger partial charge on any atom is -0.393 e. The van der Waals surface area contributed by atoms with Crippen LogP contribution in [0, 0.1) is 39.9 Å². The molecule has 8 atom stereocenters. The molecule has 0 amide bonds. The van der Waals surface area contributed by atoms with E-state index in [0.717, 1.165) is 56.9 Å². The van der Waals surface area contributed by atoms with Gasteiger partial charge in [-0.25, -0.2) is 5.43 Å². The van der Waals surface area contributed by atoms with Gasteiger partial charge in [0.15, 0.2) is 0 Å². The second-order valence-corrected chi connectivity index (χ2v) is 11.1. The molecule has 4 aliphatic rings. The summed E-state index contributed by atoms with van der Waals surface area (Å²) in [5, 5.41) is 33.6. The Kier molecular flexibility index (Phi) is 5.55. The maximum Gasteiger partial charge on any atom is 0.206 e. The molecule has 0 saturated heterocycles. The standard InChI is InChI=1S/C24H40N4O2/c1-15(14-27-28-21(25)26)12-17-6-11-24(30)20-5-4-16-13-18(29)7-9-22(16,2)19(20)8-10-23(17,24)3/h12,14,16-20,29-30H,4-11,13H2,1-3H3,(H4,25,26,28)/t16?,17?,18?,19-,20-,22+,23-,24-/m1/s1. The van der Waals surface area contributed by atoms with Gasteiger partial charge in [-0.1, -0.05) is 19.9 Å². The fourth-order valence-electron chi connectivity index (χ4n) is 8.08. The van der Waals surface area contributed by atoms with E-state index in [1.54, 1.807) is 6.21 Å². The van der Waals surface area contributed by atoms with Gasteiger partial charge in [0.2, 0.25) is 5.96 Å². The summed E-state index contributed by atoms with van der Waals surface area (Å²) in [5.41, 5.74) is 8.36. The molecule has 0 bridgehead atoms. The van der Waals surface area contributed by atoms with Gasteiger partial charge in [0.25, 0.3) is 0 Å². The largest absolute Gasteiger partial charge is 0.393 e. The highest BCUT2D eigenvalue weighted by molar-refractivity contribution is 5.80. The van der Waals surface area contributed by atoms with E-state index >= 15 is 0 Å². The zero-order valence-corrected chi connectivity index (χ0v) is 18.8. The van der Waals surface area contributed by atoms with Crippen molar-refractivity contribution in [1.29, 1.82) is 5.41 Å². The van der Waals surface area contributed by atoms with Crippen molar-refractivity contribution in [3.63, 3.8) is 0 Å². The highest BCUT2D eigenvalue weighted by atomic mass is 16.3. The zero-order valence-electron chi connectivity index (χ0n) is 18.8. The predicted octanol–water partition coefficient (Wildman–Crippen LogP) is 3.54. The van der Waals surface area contributed by atoms with Crippen molar-refractivity contribution in [3.8, 4) is 0 Å². The third-order valence-corrected chi connectivity index (χ3v) is 9.81. The number of hydrazone groups is 1. The van der Waals surface area contributed by atoms with Crippen LogP contribution in [0.2, 0.25) is 0 Å². The van der Waals surface area contributed by atoms with E-state index in [2.05, 4.69) is 30.5 Å². The number of hydrogen-bond donors (Lipinski definition) is 5. The summed E-state index contributed by atoms with van der Waals surface area (Å²) in [6.45, 7) is 6.80. The Morgan fingerprint density at radius 1 is 1.10 bits per heavy atom. The lowest BCUT2D eigenvalue weighted by atomic mass is 9.43. The number of rotatable bonds is 3. The SMILES string of the molecule is CC(C=NNC(=N)N)=CC1CC[C@@]2(O)[C@@H]3CCC4CC(O)CC[C@]4(C)[C@@H]3CC[C@]12C. The van der Waals surface area contributed by atoms with Gasteiger partial charge in [-0.15, -0.1) is 0 Å². The molecule has 4 fully saturated rings. The van der Waals surface area contributed by atoms with Crippen LogP contribution in [0.25, 0.3) is 0 Å². The van der Waals surface area contributed by atoms with Crippen molar-refractivity contribution in [1.82, 2.24) is 5.43 Å². The number of nitrogens with two attached hydrogens (primary N) is 1. The van der Waals surface area contributed by atoms with E-state index < -0.39 is 5.60 Å². The number of hydrogen-bond acceptors (Lipinski definition) is 4. The molecule has 0 heterocycles. The second kappa shape index (κ2) is 7.63. The fraction of sp³-hybridized carbons (Fsp3) is 0.833. The smallest absolute Gasteiger partial charge is 0.206 e. The van der Waals surface area contributed by atoms with Crippen molar-refractivity contribution < 1.29 is 10.2 Å². The van der Waals surface area contributed by atoms with Crippen molar-refractivity contribution in [2.24, 2.45) is 45.3 Å². The van der Waals surface area contributed by atoms with Crippen LogP contribution < -0.4 is 11.2 Å². The second-order valence-electron chi connectivity index (χ2n) is 11.1. The zero-order chi connectivity index (χ0) is 21.7. The van der Waals surface area contributed by atoms with Gasteiger partial charge in [-0.05, 0) is 99.4 Å². The highest BCUT2D eigenvalue weighted by Gasteiger charge is 2.66. The molecular formula is C24H40N4O2. The number of guanidine groups is 1. The molecule has 0 aromatic rings. The summed E-state index contributed by atoms with van der Waals surface area (Å²) < 4.78 is 0. The molecule has 0 aromatic heterocycles. The molecule has 4 rings (SSSR count). The number of aliphatic hydroxyl groups is 2. The first-order valence-electron chi connectivity index (χ1n) is 11.8. The fourth-order valence-corrected chi connectivity index (χ4v) is 8.08. The van der Waals surface area contributed by atoms with Crippen LogP contribution in [0.1, 0.15) is 78.6 Å². The van der Waals surface area contributed by atoms with Crippen LogP contribution in [-0.4, -0.2) is 34.1 Å². The summed E-state index contributed by atoms with van der Waals surface area (Å²) in [5.74, 6) is 1.73. The van der Waals surface area contributed by atoms with Crippen molar-refractivity contribution in [2.75, 3.05) is 0 Å². The lowest BCUT2D eigenvalue weighted by molar-refractivity contribution is -0.207. The maximum absolute atomic E-state index is 12.2. The van der Waals surface area contributed by atoms with Gasteiger partial charge < -0.3 is 15.9 Å². The molecule has 30 heavy (non-hydrogen) atoms. The van der Waals surface area contributed by atoms with Crippen molar-refractivity contribution in [3.05, 3.63) is 11.6 Å². The van der Waals surface area contributed by atoms with Gasteiger partial charge in [0, 0.05) is 11.6 Å². The quantitative estimate of drug-likeness (QED) is 0.275. The van der Waals surface area contributed by atoms with Crippen LogP contribution >= 0.6 is 0 Å². The monoisotopic (exact) mass is 416 g/mol. The first-order chi connectivity index (χ1) is 14.1. The summed E-state index contributed by atoms with van der Waals surface area (Å²) in [6, 6.07) is 0. The normalized spacial score (nSPS) is 48.7. The third kappa shape index (κ3) is 3.31. The van der Waals surface area contributed by atoms with Gasteiger partial charge in [0.1, 0.15) is 0 Å². The van der Waals surface area contributed by atoms with E-state index in [1.165, 1.54) is 6.42 Å². The molecule has 6 nitrogen and oxygen atoms in total. The Bertz CT molecular complexity index is 751. The van der Waals surface area contributed by atoms with Gasteiger partial charge >= 0.3 is 0 Å². The molecule has 0 aromatic carbocycles. The number of aliphatic hydroxyl groups excluding tert-OH is 1. The predicted molar refractivity (Wildman–Crippen MR) is 120 cm³/mol. The van der Waals surface area contributed by atoms with E-state index in [9.17, 15) is 10.2 Å². The van der Waals surface area contributed by atoms with Crippen LogP contribution in [-0.2, 0) is 0 Å². The number of fused-ring (bicyclic) bond motifs is 5. The molecule has 0 radical (unpaired) electrons. The Hall–Kier alpha value is -1.40. The summed E-state index contributed by atoms with van der Waals surface area (Å²) >= 11 is 0. The minimum atomic E-state index is -0.601. The lowest BCUT2D eigenvalue weighted by Crippen LogP contribution is -2.62. The molecule has 3 unspecified atom stereocenters. The number of nitrogens with zero attached hydrogens (tertiary/aromatic N) is 1. The summed E-state index contributed by atoms with van der Waals surface area (Å²) in [6.07, 6.45) is 13.2. The molecule has 4 saturated carbocycles. The number of nitrogens with one attached hydrogen (secondary N) is 2. The summed E-state index contributed by atoms with van der Waals surface area (Å²) in [7, 11) is 0. The first-order valence-corrected chi connectivity index (χ1v) is 11.8. The summed E-state index contributed by atoms with van der Waals surface area (Å²) in [4.78, 5) is 0. The Morgan fingerprint density at radius 3 is 2.60 bits per heavy atom. The molecular weight excluding hydrogens is 376 g/mol. The minimum absolute atomic E-state index is 0.103. The van der Waals surface area contributed by atoms with Crippen LogP contribution in [0.5, 0.6) is 0 Å². The molecule has 4 aliphatic carbocycles. The highest BCUT2D eigenvalue weighted by Crippen LogP contribution is 2.69. The van der Waals surface area contributed by atoms with Gasteiger partial charge in [-0.3, -0.25) is 5.41 Å². The Morgan fingerprint density at radius 2 is 1.87 bits per heavy atom. The topological polar surface area (TPSA) is 115 Å². The first kappa shape index (κ1) is 21.8. The van der Waals surface area contributed by atoms with Gasteiger partial charge in [0.05, 0.1) is 11.7 Å².